The number of carbonyl (C=O) groups excluding carboxylic acids is 2. The second-order valence-corrected chi connectivity index (χ2v) is 8.91. The van der Waals surface area contributed by atoms with Crippen LogP contribution in [0.25, 0.3) is 10.9 Å². The van der Waals surface area contributed by atoms with Gasteiger partial charge >= 0.3 is 0 Å². The Labute approximate surface area is 179 Å². The summed E-state index contributed by atoms with van der Waals surface area (Å²) in [4.78, 5) is 41.8. The number of nitrogens with one attached hydrogen (secondary N) is 1. The Morgan fingerprint density at radius 2 is 1.73 bits per heavy atom. The molecule has 156 valence electrons. The summed E-state index contributed by atoms with van der Waals surface area (Å²) in [5.41, 5.74) is 1.73. The molecule has 0 spiro atoms. The molecule has 1 heterocycles. The van der Waals surface area contributed by atoms with Gasteiger partial charge in [-0.05, 0) is 56.2 Å². The van der Waals surface area contributed by atoms with Gasteiger partial charge in [-0.25, -0.2) is 4.98 Å². The molecule has 0 radical (unpaired) electrons. The summed E-state index contributed by atoms with van der Waals surface area (Å²) in [5, 5.41) is 3.49. The van der Waals surface area contributed by atoms with Crippen molar-refractivity contribution in [1.82, 2.24) is 9.55 Å². The molecule has 0 aliphatic rings. The molecule has 1 atom stereocenters. The predicted octanol–water partition coefficient (Wildman–Crippen LogP) is 4.37. The minimum absolute atomic E-state index is 0.0256. The second kappa shape index (κ2) is 9.26. The number of rotatable bonds is 7. The maximum atomic E-state index is 13.0. The number of aromatic nitrogens is 2. The summed E-state index contributed by atoms with van der Waals surface area (Å²) in [6, 6.07) is 14.0. The van der Waals surface area contributed by atoms with Crippen LogP contribution in [0.5, 0.6) is 0 Å². The van der Waals surface area contributed by atoms with E-state index in [-0.39, 0.29) is 23.2 Å². The average molecular weight is 424 g/mol. The van der Waals surface area contributed by atoms with E-state index in [4.69, 9.17) is 0 Å². The molecule has 6 nitrogen and oxygen atoms in total. The lowest BCUT2D eigenvalue weighted by Gasteiger charge is -2.17. The van der Waals surface area contributed by atoms with Gasteiger partial charge in [-0.1, -0.05) is 37.7 Å². The number of nitrogens with zero attached hydrogens (tertiary/aromatic N) is 2. The van der Waals surface area contributed by atoms with Crippen LogP contribution in [0.4, 0.5) is 5.69 Å². The molecule has 30 heavy (non-hydrogen) atoms. The van der Waals surface area contributed by atoms with E-state index >= 15 is 0 Å². The molecule has 7 heteroatoms. The van der Waals surface area contributed by atoms with Gasteiger partial charge in [0, 0.05) is 17.8 Å². The van der Waals surface area contributed by atoms with Gasteiger partial charge < -0.3 is 5.32 Å². The molecule has 0 saturated heterocycles. The number of amides is 1. The van der Waals surface area contributed by atoms with Crippen LogP contribution in [0.3, 0.4) is 0 Å². The predicted molar refractivity (Wildman–Crippen MR) is 121 cm³/mol. The molecular weight excluding hydrogens is 398 g/mol. The highest BCUT2D eigenvalue weighted by Gasteiger charge is 2.20. The van der Waals surface area contributed by atoms with E-state index < -0.39 is 5.25 Å². The molecule has 0 fully saturated rings. The molecule has 0 aliphatic carbocycles. The lowest BCUT2D eigenvalue weighted by molar-refractivity contribution is -0.115. The van der Waals surface area contributed by atoms with Crippen LogP contribution < -0.4 is 10.9 Å². The molecule has 2 aromatic carbocycles. The molecule has 1 amide bonds. The number of carbonyl (C=O) groups is 2. The summed E-state index contributed by atoms with van der Waals surface area (Å²) < 4.78 is 1.66. The standard InChI is InChI=1S/C23H25N3O3S/c1-14(2)13-26-22(29)19-7-5-6-8-20(19)25-23(26)30-16(4)21(28)24-18-11-9-17(10-12-18)15(3)27/h5-12,14,16H,13H2,1-4H3,(H,24,28)/t16-/m1/s1. The van der Waals surface area contributed by atoms with Gasteiger partial charge in [-0.15, -0.1) is 0 Å². The highest BCUT2D eigenvalue weighted by molar-refractivity contribution is 8.00. The van der Waals surface area contributed by atoms with Crippen molar-refractivity contribution in [3.63, 3.8) is 0 Å². The third kappa shape index (κ3) is 4.97. The van der Waals surface area contributed by atoms with Crippen LogP contribution in [0.15, 0.2) is 58.5 Å². The molecule has 0 unspecified atom stereocenters. The first kappa shape index (κ1) is 21.8. The number of para-hydroxylation sites is 1. The number of fused-ring (bicyclic) bond motifs is 1. The summed E-state index contributed by atoms with van der Waals surface area (Å²) in [6.45, 7) is 7.89. The van der Waals surface area contributed by atoms with E-state index in [0.29, 0.717) is 33.9 Å². The molecule has 3 rings (SSSR count). The van der Waals surface area contributed by atoms with Crippen LogP contribution in [0.1, 0.15) is 38.1 Å². The Kier molecular flexibility index (Phi) is 6.72. The number of thioether (sulfide) groups is 1. The van der Waals surface area contributed by atoms with E-state index in [0.717, 1.165) is 0 Å². The van der Waals surface area contributed by atoms with Gasteiger partial charge in [0.1, 0.15) is 0 Å². The lowest BCUT2D eigenvalue weighted by atomic mass is 10.1. The SMILES string of the molecule is CC(=O)c1ccc(NC(=O)[C@@H](C)Sc2nc3ccccc3c(=O)n2CC(C)C)cc1. The van der Waals surface area contributed by atoms with Crippen LogP contribution in [-0.4, -0.2) is 26.5 Å². The molecule has 1 N–H and O–H groups in total. The quantitative estimate of drug-likeness (QED) is 0.347. The smallest absolute Gasteiger partial charge is 0.262 e. The van der Waals surface area contributed by atoms with Gasteiger partial charge in [0.05, 0.1) is 16.2 Å². The Bertz CT molecular complexity index is 1140. The van der Waals surface area contributed by atoms with Crippen LogP contribution in [0, 0.1) is 5.92 Å². The van der Waals surface area contributed by atoms with Gasteiger partial charge in [0.25, 0.3) is 5.56 Å². The van der Waals surface area contributed by atoms with Gasteiger partial charge in [-0.2, -0.15) is 0 Å². The normalized spacial score (nSPS) is 12.2. The summed E-state index contributed by atoms with van der Waals surface area (Å²) >= 11 is 1.26. The summed E-state index contributed by atoms with van der Waals surface area (Å²) in [6.07, 6.45) is 0. The Hall–Kier alpha value is -2.93. The van der Waals surface area contributed by atoms with E-state index in [1.54, 1.807) is 41.8 Å². The van der Waals surface area contributed by atoms with Gasteiger partial charge in [0.15, 0.2) is 10.9 Å². The van der Waals surface area contributed by atoms with Crippen molar-refractivity contribution >= 4 is 40.0 Å². The van der Waals surface area contributed by atoms with Crippen molar-refractivity contribution < 1.29 is 9.59 Å². The number of anilines is 1. The molecule has 0 saturated carbocycles. The zero-order valence-corrected chi connectivity index (χ0v) is 18.3. The number of hydrogen-bond acceptors (Lipinski definition) is 5. The van der Waals surface area contributed by atoms with Crippen LogP contribution in [-0.2, 0) is 11.3 Å². The first-order valence-electron chi connectivity index (χ1n) is 9.84. The Morgan fingerprint density at radius 3 is 2.37 bits per heavy atom. The lowest BCUT2D eigenvalue weighted by Crippen LogP contribution is -2.28. The number of Topliss-reactive ketones (excluding diaryl/α,β-unsaturated/α-hetero) is 1. The number of benzene rings is 2. The van der Waals surface area contributed by atoms with E-state index in [9.17, 15) is 14.4 Å². The maximum absolute atomic E-state index is 13.0. The first-order chi connectivity index (χ1) is 14.3. The molecule has 0 aliphatic heterocycles. The topological polar surface area (TPSA) is 81.1 Å². The van der Waals surface area contributed by atoms with Crippen molar-refractivity contribution in [1.29, 1.82) is 0 Å². The number of hydrogen-bond donors (Lipinski definition) is 1. The summed E-state index contributed by atoms with van der Waals surface area (Å²) in [5.74, 6) is 0.0327. The van der Waals surface area contributed by atoms with E-state index in [1.165, 1.54) is 18.7 Å². The van der Waals surface area contributed by atoms with Crippen LogP contribution >= 0.6 is 11.8 Å². The fraction of sp³-hybridized carbons (Fsp3) is 0.304. The maximum Gasteiger partial charge on any atom is 0.262 e. The zero-order valence-electron chi connectivity index (χ0n) is 17.5. The fourth-order valence-electron chi connectivity index (χ4n) is 3.01. The molecule has 0 bridgehead atoms. The largest absolute Gasteiger partial charge is 0.325 e. The van der Waals surface area contributed by atoms with Crippen LogP contribution in [0.2, 0.25) is 0 Å². The zero-order chi connectivity index (χ0) is 21.8. The second-order valence-electron chi connectivity index (χ2n) is 7.60. The van der Waals surface area contributed by atoms with Gasteiger partial charge in [-0.3, -0.25) is 19.0 Å². The average Bonchev–Trinajstić information content (AvgIpc) is 2.71. The fourth-order valence-corrected chi connectivity index (χ4v) is 3.93. The number of ketones is 1. The minimum Gasteiger partial charge on any atom is -0.325 e. The Morgan fingerprint density at radius 1 is 1.07 bits per heavy atom. The van der Waals surface area contributed by atoms with Crippen molar-refractivity contribution in [3.8, 4) is 0 Å². The minimum atomic E-state index is -0.469. The highest BCUT2D eigenvalue weighted by atomic mass is 32.2. The van der Waals surface area contributed by atoms with Gasteiger partial charge in [0.2, 0.25) is 5.91 Å². The Balaban J connectivity index is 1.84. The molecular formula is C23H25N3O3S. The monoisotopic (exact) mass is 423 g/mol. The van der Waals surface area contributed by atoms with E-state index in [2.05, 4.69) is 10.3 Å². The molecule has 3 aromatic rings. The highest BCUT2D eigenvalue weighted by Crippen LogP contribution is 2.24. The van der Waals surface area contributed by atoms with Crippen molar-refractivity contribution in [3.05, 3.63) is 64.4 Å². The van der Waals surface area contributed by atoms with Crippen molar-refractivity contribution in [2.75, 3.05) is 5.32 Å². The summed E-state index contributed by atoms with van der Waals surface area (Å²) in [7, 11) is 0. The van der Waals surface area contributed by atoms with Crippen molar-refractivity contribution in [2.45, 2.75) is 44.6 Å². The molecule has 1 aromatic heterocycles. The van der Waals surface area contributed by atoms with E-state index in [1.807, 2.05) is 32.0 Å². The third-order valence-corrected chi connectivity index (χ3v) is 5.67. The first-order valence-corrected chi connectivity index (χ1v) is 10.7. The van der Waals surface area contributed by atoms with Crippen molar-refractivity contribution in [2.24, 2.45) is 5.92 Å². The third-order valence-electron chi connectivity index (χ3n) is 4.58.